The van der Waals surface area contributed by atoms with Crippen molar-refractivity contribution in [2.45, 2.75) is 6.10 Å². The van der Waals surface area contributed by atoms with Crippen LogP contribution in [0.25, 0.3) is 10.9 Å². The minimum Gasteiger partial charge on any atom is -0.440 e. The molecule has 1 aromatic carbocycles. The zero-order valence-electron chi connectivity index (χ0n) is 15.2. The number of rotatable bonds is 2. The standard InChI is InChI=1S/C20H22N4O3/c1-22-17-7-3-2-5-15(17)13-18(22)19(25)23-9-11-24(12-10-23)20(26)27-16-6-4-8-21-14-16/h2-8,13,16H,9-12,14H2,1H3. The highest BCUT2D eigenvalue weighted by Gasteiger charge is 2.28. The lowest BCUT2D eigenvalue weighted by molar-refractivity contribution is 0.0495. The number of fused-ring (bicyclic) bond motifs is 1. The Kier molecular flexibility index (Phi) is 4.66. The number of para-hydroxylation sites is 1. The van der Waals surface area contributed by atoms with Gasteiger partial charge in [0.1, 0.15) is 11.8 Å². The van der Waals surface area contributed by atoms with E-state index in [0.29, 0.717) is 38.4 Å². The van der Waals surface area contributed by atoms with E-state index >= 15 is 0 Å². The molecule has 1 fully saturated rings. The molecule has 2 aromatic rings. The molecule has 2 aliphatic heterocycles. The summed E-state index contributed by atoms with van der Waals surface area (Å²) in [6, 6.07) is 9.86. The van der Waals surface area contributed by atoms with Gasteiger partial charge in [0, 0.05) is 50.3 Å². The number of ether oxygens (including phenoxy) is 1. The van der Waals surface area contributed by atoms with E-state index in [4.69, 9.17) is 4.74 Å². The first-order valence-electron chi connectivity index (χ1n) is 9.09. The average molecular weight is 366 g/mol. The molecule has 7 nitrogen and oxygen atoms in total. The van der Waals surface area contributed by atoms with E-state index < -0.39 is 0 Å². The lowest BCUT2D eigenvalue weighted by Crippen LogP contribution is -2.51. The van der Waals surface area contributed by atoms with Gasteiger partial charge in [-0.2, -0.15) is 0 Å². The van der Waals surface area contributed by atoms with Crippen molar-refractivity contribution >= 4 is 29.1 Å². The van der Waals surface area contributed by atoms with Gasteiger partial charge in [0.2, 0.25) is 0 Å². The van der Waals surface area contributed by atoms with E-state index in [2.05, 4.69) is 4.99 Å². The summed E-state index contributed by atoms with van der Waals surface area (Å²) < 4.78 is 7.37. The first-order valence-corrected chi connectivity index (χ1v) is 9.09. The number of allylic oxidation sites excluding steroid dienone is 1. The molecule has 0 saturated carbocycles. The Bertz CT molecular complexity index is 922. The molecule has 27 heavy (non-hydrogen) atoms. The number of hydrogen-bond acceptors (Lipinski definition) is 4. The fourth-order valence-corrected chi connectivity index (χ4v) is 3.49. The quantitative estimate of drug-likeness (QED) is 0.817. The SMILES string of the molecule is Cn1c(C(=O)N2CCN(C(=O)OC3C=CC=NC3)CC2)cc2ccccc21. The third-order valence-electron chi connectivity index (χ3n) is 5.05. The van der Waals surface area contributed by atoms with Gasteiger partial charge >= 0.3 is 6.09 Å². The first kappa shape index (κ1) is 17.3. The van der Waals surface area contributed by atoms with Gasteiger partial charge in [-0.05, 0) is 24.3 Å². The van der Waals surface area contributed by atoms with Crippen LogP contribution in [-0.2, 0) is 11.8 Å². The second-order valence-corrected chi connectivity index (χ2v) is 6.75. The van der Waals surface area contributed by atoms with Gasteiger partial charge in [-0.3, -0.25) is 9.79 Å². The van der Waals surface area contributed by atoms with E-state index in [1.807, 2.05) is 48.0 Å². The summed E-state index contributed by atoms with van der Waals surface area (Å²) in [5.74, 6) is -0.00808. The van der Waals surface area contributed by atoms with Crippen LogP contribution in [0.2, 0.25) is 0 Å². The number of carbonyl (C=O) groups excluding carboxylic acids is 2. The molecule has 0 radical (unpaired) electrons. The molecule has 1 saturated heterocycles. The van der Waals surface area contributed by atoms with Crippen LogP contribution in [-0.4, -0.2) is 71.4 Å². The van der Waals surface area contributed by atoms with Gasteiger partial charge in [-0.15, -0.1) is 0 Å². The summed E-state index contributed by atoms with van der Waals surface area (Å²) in [6.45, 7) is 2.38. The number of hydrogen-bond donors (Lipinski definition) is 0. The van der Waals surface area contributed by atoms with Crippen molar-refractivity contribution in [3.8, 4) is 0 Å². The lowest BCUT2D eigenvalue weighted by atomic mass is 10.2. The number of dihydropyridines is 1. The summed E-state index contributed by atoms with van der Waals surface area (Å²) >= 11 is 0. The Balaban J connectivity index is 1.37. The summed E-state index contributed by atoms with van der Waals surface area (Å²) in [5, 5.41) is 1.05. The molecule has 0 bridgehead atoms. The summed E-state index contributed by atoms with van der Waals surface area (Å²) in [5.41, 5.74) is 1.70. The predicted octanol–water partition coefficient (Wildman–Crippen LogP) is 2.08. The van der Waals surface area contributed by atoms with Crippen LogP contribution in [0.5, 0.6) is 0 Å². The highest BCUT2D eigenvalue weighted by Crippen LogP contribution is 2.20. The van der Waals surface area contributed by atoms with E-state index in [1.54, 1.807) is 22.1 Å². The fraction of sp³-hybridized carbons (Fsp3) is 0.350. The molecule has 0 spiro atoms. The lowest BCUT2D eigenvalue weighted by Gasteiger charge is -2.34. The molecule has 4 rings (SSSR count). The van der Waals surface area contributed by atoms with Crippen LogP contribution >= 0.6 is 0 Å². The van der Waals surface area contributed by atoms with E-state index in [1.165, 1.54) is 0 Å². The second kappa shape index (κ2) is 7.26. The number of nitrogens with zero attached hydrogens (tertiary/aromatic N) is 4. The van der Waals surface area contributed by atoms with Gasteiger partial charge in [0.05, 0.1) is 6.54 Å². The zero-order valence-corrected chi connectivity index (χ0v) is 15.2. The largest absolute Gasteiger partial charge is 0.440 e. The molecule has 140 valence electrons. The summed E-state index contributed by atoms with van der Waals surface area (Å²) in [6.07, 6.45) is 4.64. The van der Waals surface area contributed by atoms with Crippen LogP contribution in [0.4, 0.5) is 4.79 Å². The van der Waals surface area contributed by atoms with Crippen LogP contribution in [0, 0.1) is 0 Å². The van der Waals surface area contributed by atoms with Crippen molar-refractivity contribution in [1.82, 2.24) is 14.4 Å². The maximum Gasteiger partial charge on any atom is 0.410 e. The maximum absolute atomic E-state index is 12.9. The normalized spacial score (nSPS) is 19.5. The Morgan fingerprint density at radius 2 is 1.85 bits per heavy atom. The smallest absolute Gasteiger partial charge is 0.410 e. The molecule has 2 aliphatic rings. The molecule has 7 heteroatoms. The van der Waals surface area contributed by atoms with E-state index in [-0.39, 0.29) is 18.1 Å². The van der Waals surface area contributed by atoms with Crippen molar-refractivity contribution in [2.75, 3.05) is 32.7 Å². The molecule has 0 N–H and O–H groups in total. The number of carbonyl (C=O) groups is 2. The fourth-order valence-electron chi connectivity index (χ4n) is 3.49. The van der Waals surface area contributed by atoms with E-state index in [9.17, 15) is 9.59 Å². The monoisotopic (exact) mass is 366 g/mol. The third-order valence-corrected chi connectivity index (χ3v) is 5.05. The molecule has 1 aromatic heterocycles. The molecule has 3 heterocycles. The zero-order chi connectivity index (χ0) is 18.8. The summed E-state index contributed by atoms with van der Waals surface area (Å²) in [7, 11) is 1.91. The topological polar surface area (TPSA) is 67.1 Å². The van der Waals surface area contributed by atoms with Gasteiger partial charge in [-0.1, -0.05) is 18.2 Å². The van der Waals surface area contributed by atoms with E-state index in [0.717, 1.165) is 10.9 Å². The van der Waals surface area contributed by atoms with Crippen molar-refractivity contribution in [3.63, 3.8) is 0 Å². The number of aryl methyl sites for hydroxylation is 1. The molecule has 1 unspecified atom stereocenters. The van der Waals surface area contributed by atoms with Crippen molar-refractivity contribution in [1.29, 1.82) is 0 Å². The average Bonchev–Trinajstić information content (AvgIpc) is 3.05. The van der Waals surface area contributed by atoms with Crippen LogP contribution in [0.3, 0.4) is 0 Å². The van der Waals surface area contributed by atoms with Crippen molar-refractivity contribution in [2.24, 2.45) is 12.0 Å². The third kappa shape index (κ3) is 3.45. The van der Waals surface area contributed by atoms with Crippen molar-refractivity contribution < 1.29 is 14.3 Å². The minimum absolute atomic E-state index is 0.00808. The summed E-state index contributed by atoms with van der Waals surface area (Å²) in [4.78, 5) is 32.8. The van der Waals surface area contributed by atoms with Gasteiger partial charge in [0.15, 0.2) is 0 Å². The molecular weight excluding hydrogens is 344 g/mol. The van der Waals surface area contributed by atoms with Crippen LogP contribution < -0.4 is 0 Å². The van der Waals surface area contributed by atoms with Gasteiger partial charge in [-0.25, -0.2) is 4.79 Å². The predicted molar refractivity (Wildman–Crippen MR) is 103 cm³/mol. The minimum atomic E-state index is -0.349. The maximum atomic E-state index is 12.9. The van der Waals surface area contributed by atoms with Crippen LogP contribution in [0.1, 0.15) is 10.5 Å². The molecule has 1 atom stereocenters. The highest BCUT2D eigenvalue weighted by atomic mass is 16.6. The van der Waals surface area contributed by atoms with Crippen molar-refractivity contribution in [3.05, 3.63) is 48.2 Å². The Labute approximate surface area is 157 Å². The Morgan fingerprint density at radius 3 is 2.56 bits per heavy atom. The van der Waals surface area contributed by atoms with Crippen LogP contribution in [0.15, 0.2) is 47.5 Å². The molecule has 0 aliphatic carbocycles. The Morgan fingerprint density at radius 1 is 1.11 bits per heavy atom. The second-order valence-electron chi connectivity index (χ2n) is 6.75. The first-order chi connectivity index (χ1) is 13.1. The number of aromatic nitrogens is 1. The number of piperazine rings is 1. The molecule has 2 amide bonds. The number of aliphatic imine (C=N–C) groups is 1. The van der Waals surface area contributed by atoms with Gasteiger partial charge in [0.25, 0.3) is 5.91 Å². The number of benzene rings is 1. The molecular formula is C20H22N4O3. The highest BCUT2D eigenvalue weighted by molar-refractivity contribution is 5.98. The van der Waals surface area contributed by atoms with Gasteiger partial charge < -0.3 is 19.1 Å². The Hall–Kier alpha value is -3.09. The number of amides is 2.